The predicted octanol–water partition coefficient (Wildman–Crippen LogP) is 5.51. The highest BCUT2D eigenvalue weighted by Crippen LogP contribution is 2.51. The van der Waals surface area contributed by atoms with Crippen molar-refractivity contribution in [3.63, 3.8) is 0 Å². The number of ether oxygens (including phenoxy) is 2. The van der Waals surface area contributed by atoms with Crippen molar-refractivity contribution in [3.05, 3.63) is 108 Å². The molecule has 1 unspecified atom stereocenters. The monoisotopic (exact) mass is 400 g/mol. The van der Waals surface area contributed by atoms with Gasteiger partial charge in [-0.15, -0.1) is 0 Å². The summed E-state index contributed by atoms with van der Waals surface area (Å²) < 4.78 is 11.7. The summed E-state index contributed by atoms with van der Waals surface area (Å²) in [4.78, 5) is 0. The Labute approximate surface area is 174 Å². The van der Waals surface area contributed by atoms with Crippen molar-refractivity contribution in [1.82, 2.24) is 0 Å². The zero-order valence-corrected chi connectivity index (χ0v) is 17.7. The van der Waals surface area contributed by atoms with E-state index in [4.69, 9.17) is 9.47 Å². The van der Waals surface area contributed by atoms with Gasteiger partial charge in [-0.1, -0.05) is 91.0 Å². The molecular weight excluding hydrogens is 375 g/mol. The first-order valence-corrected chi connectivity index (χ1v) is 11.1. The molecule has 0 radical (unpaired) electrons. The van der Waals surface area contributed by atoms with Crippen LogP contribution in [0.15, 0.2) is 102 Å². The van der Waals surface area contributed by atoms with Crippen LogP contribution in [-0.2, 0) is 4.74 Å². The fourth-order valence-corrected chi connectivity index (χ4v) is 6.40. The third-order valence-corrected chi connectivity index (χ3v) is 7.68. The van der Waals surface area contributed by atoms with Crippen molar-refractivity contribution in [1.29, 1.82) is 0 Å². The molecule has 3 heteroatoms. The van der Waals surface area contributed by atoms with E-state index in [1.165, 1.54) is 21.5 Å². The van der Waals surface area contributed by atoms with E-state index < -0.39 is 7.92 Å². The maximum absolute atomic E-state index is 5.96. The normalized spacial score (nSPS) is 16.3. The predicted molar refractivity (Wildman–Crippen MR) is 124 cm³/mol. The van der Waals surface area contributed by atoms with Gasteiger partial charge in [-0.2, -0.15) is 0 Å². The summed E-state index contributed by atoms with van der Waals surface area (Å²) in [6.07, 6.45) is 5.40. The Hall–Kier alpha value is -2.67. The first-order chi connectivity index (χ1) is 14.3. The van der Waals surface area contributed by atoms with Gasteiger partial charge in [-0.3, -0.25) is 0 Å². The van der Waals surface area contributed by atoms with Crippen LogP contribution < -0.4 is 15.3 Å². The molecule has 146 valence electrons. The zero-order valence-electron chi connectivity index (χ0n) is 16.8. The third kappa shape index (κ3) is 4.05. The smallest absolute Gasteiger partial charge is 0.126 e. The third-order valence-electron chi connectivity index (χ3n) is 5.18. The minimum Gasteiger partial charge on any atom is -0.496 e. The molecule has 2 nitrogen and oxygen atoms in total. The van der Waals surface area contributed by atoms with E-state index >= 15 is 0 Å². The summed E-state index contributed by atoms with van der Waals surface area (Å²) in [7, 11) is 2.80. The number of methoxy groups -OCH3 is 2. The Bertz CT molecular complexity index is 970. The van der Waals surface area contributed by atoms with Crippen LogP contribution in [0, 0.1) is 0 Å². The fourth-order valence-electron chi connectivity index (χ4n) is 3.84. The molecule has 1 aliphatic rings. The first-order valence-electron chi connectivity index (χ1n) is 9.80. The van der Waals surface area contributed by atoms with Gasteiger partial charge in [0.15, 0.2) is 0 Å². The SMILES string of the molecule is COc1ccccc1C1=C(P(c2ccccc2)c2ccccc2)C=CCC1OC. The average molecular weight is 400 g/mol. The molecule has 1 atom stereocenters. The lowest BCUT2D eigenvalue weighted by atomic mass is 9.93. The highest BCUT2D eigenvalue weighted by atomic mass is 31.1. The summed E-state index contributed by atoms with van der Waals surface area (Å²) in [5, 5.41) is 3.98. The number of hydrogen-bond donors (Lipinski definition) is 0. The Morgan fingerprint density at radius 3 is 1.93 bits per heavy atom. The minimum atomic E-state index is -0.724. The second-order valence-electron chi connectivity index (χ2n) is 6.87. The molecule has 0 heterocycles. The number of allylic oxidation sites excluding steroid dienone is 2. The molecule has 0 aromatic heterocycles. The van der Waals surface area contributed by atoms with Gasteiger partial charge in [-0.05, 0) is 36.3 Å². The van der Waals surface area contributed by atoms with Crippen molar-refractivity contribution >= 4 is 24.1 Å². The van der Waals surface area contributed by atoms with Gasteiger partial charge >= 0.3 is 0 Å². The molecule has 3 aromatic rings. The van der Waals surface area contributed by atoms with E-state index in [1.807, 2.05) is 12.1 Å². The van der Waals surface area contributed by atoms with E-state index in [9.17, 15) is 0 Å². The van der Waals surface area contributed by atoms with Crippen LogP contribution in [0.1, 0.15) is 12.0 Å². The molecule has 0 bridgehead atoms. The standard InChI is InChI=1S/C26H25O2P/c1-27-23-17-10-9-16-22(23)26-24(28-2)18-11-19-25(26)29(20-12-5-3-6-13-20)21-14-7-4-8-15-21/h3-17,19,24H,18H2,1-2H3. The quantitative estimate of drug-likeness (QED) is 0.508. The molecule has 0 amide bonds. The zero-order chi connectivity index (χ0) is 20.1. The molecule has 1 aliphatic carbocycles. The molecule has 0 fully saturated rings. The summed E-state index contributed by atoms with van der Waals surface area (Å²) in [5.74, 6) is 0.883. The van der Waals surface area contributed by atoms with Crippen molar-refractivity contribution in [2.45, 2.75) is 12.5 Å². The first kappa shape index (κ1) is 19.6. The van der Waals surface area contributed by atoms with Gasteiger partial charge in [0.05, 0.1) is 13.2 Å². The van der Waals surface area contributed by atoms with Crippen LogP contribution in [0.5, 0.6) is 5.75 Å². The Kier molecular flexibility index (Phi) is 6.24. The van der Waals surface area contributed by atoms with Crippen LogP contribution in [0.2, 0.25) is 0 Å². The van der Waals surface area contributed by atoms with E-state index in [2.05, 4.69) is 84.9 Å². The topological polar surface area (TPSA) is 18.5 Å². The molecule has 0 saturated carbocycles. The van der Waals surface area contributed by atoms with Gasteiger partial charge < -0.3 is 9.47 Å². The molecule has 29 heavy (non-hydrogen) atoms. The molecule has 0 spiro atoms. The van der Waals surface area contributed by atoms with E-state index in [0.29, 0.717) is 0 Å². The maximum Gasteiger partial charge on any atom is 0.126 e. The van der Waals surface area contributed by atoms with Crippen LogP contribution in [0.25, 0.3) is 5.57 Å². The van der Waals surface area contributed by atoms with Crippen LogP contribution in [0.4, 0.5) is 0 Å². The van der Waals surface area contributed by atoms with E-state index in [1.54, 1.807) is 14.2 Å². The minimum absolute atomic E-state index is 0.00345. The molecule has 4 rings (SSSR count). The molecular formula is C26H25O2P. The van der Waals surface area contributed by atoms with Crippen LogP contribution in [-0.4, -0.2) is 20.3 Å². The summed E-state index contributed by atoms with van der Waals surface area (Å²) in [5.41, 5.74) is 2.34. The molecule has 0 aliphatic heterocycles. The number of para-hydroxylation sites is 1. The Morgan fingerprint density at radius 1 is 0.759 bits per heavy atom. The highest BCUT2D eigenvalue weighted by Gasteiger charge is 2.29. The van der Waals surface area contributed by atoms with Crippen molar-refractivity contribution in [2.24, 2.45) is 0 Å². The van der Waals surface area contributed by atoms with E-state index in [0.717, 1.165) is 17.7 Å². The van der Waals surface area contributed by atoms with Gasteiger partial charge in [0.25, 0.3) is 0 Å². The van der Waals surface area contributed by atoms with Crippen LogP contribution >= 0.6 is 7.92 Å². The summed E-state index contributed by atoms with van der Waals surface area (Å²) >= 11 is 0. The summed E-state index contributed by atoms with van der Waals surface area (Å²) in [6, 6.07) is 29.8. The molecule has 0 N–H and O–H groups in total. The lowest BCUT2D eigenvalue weighted by molar-refractivity contribution is 0.150. The highest BCUT2D eigenvalue weighted by molar-refractivity contribution is 7.77. The fraction of sp³-hybridized carbons (Fsp3) is 0.154. The number of benzene rings is 3. The second kappa shape index (κ2) is 9.22. The maximum atomic E-state index is 5.96. The number of hydrogen-bond acceptors (Lipinski definition) is 2. The van der Waals surface area contributed by atoms with Crippen LogP contribution in [0.3, 0.4) is 0 Å². The van der Waals surface area contributed by atoms with Crippen molar-refractivity contribution in [2.75, 3.05) is 14.2 Å². The van der Waals surface area contributed by atoms with Gasteiger partial charge in [-0.25, -0.2) is 0 Å². The lowest BCUT2D eigenvalue weighted by Crippen LogP contribution is -2.20. The second-order valence-corrected chi connectivity index (χ2v) is 9.05. The largest absolute Gasteiger partial charge is 0.496 e. The van der Waals surface area contributed by atoms with Crippen molar-refractivity contribution in [3.8, 4) is 5.75 Å². The van der Waals surface area contributed by atoms with Gasteiger partial charge in [0.2, 0.25) is 0 Å². The number of rotatable bonds is 6. The summed E-state index contributed by atoms with van der Waals surface area (Å²) in [6.45, 7) is 0. The Morgan fingerprint density at radius 2 is 1.34 bits per heavy atom. The Balaban J connectivity index is 1.99. The average Bonchev–Trinajstić information content (AvgIpc) is 2.80. The molecule has 3 aromatic carbocycles. The van der Waals surface area contributed by atoms with E-state index in [-0.39, 0.29) is 6.10 Å². The van der Waals surface area contributed by atoms with Gasteiger partial charge in [0.1, 0.15) is 5.75 Å². The molecule has 0 saturated heterocycles. The lowest BCUT2D eigenvalue weighted by Gasteiger charge is -2.30. The van der Waals surface area contributed by atoms with Gasteiger partial charge in [0, 0.05) is 18.2 Å². The van der Waals surface area contributed by atoms with Crippen molar-refractivity contribution < 1.29 is 9.47 Å².